The predicted octanol–water partition coefficient (Wildman–Crippen LogP) is 8.20. The molecule has 0 atom stereocenters. The molecule has 4 aromatic carbocycles. The lowest BCUT2D eigenvalue weighted by molar-refractivity contribution is -0.538. The van der Waals surface area contributed by atoms with Gasteiger partial charge >= 0.3 is 7.25 Å². The van der Waals surface area contributed by atoms with E-state index in [-0.39, 0.29) is 0 Å². The number of hydrogen-bond acceptors (Lipinski definition) is 4. The normalized spacial score (nSPS) is 11.2. The number of hydrogen-bond donors (Lipinski definition) is 0. The van der Waals surface area contributed by atoms with Crippen LogP contribution >= 0.6 is 0 Å². The van der Waals surface area contributed by atoms with Crippen LogP contribution in [0.5, 0.6) is 23.0 Å². The van der Waals surface area contributed by atoms with Crippen molar-refractivity contribution < 1.29 is 40.8 Å². The van der Waals surface area contributed by atoms with Crippen molar-refractivity contribution in [3.8, 4) is 39.8 Å². The molecule has 0 aliphatic carbocycles. The second-order valence-corrected chi connectivity index (χ2v) is 9.76. The SMILES string of the molecule is COc1cc(OC)c2c(-c3c(C)cc(C)cc3C)c3c(OC)cc(OC)cc3[n+](-c3ccccc3)c2c1.F[B-](F)(F)F. The predicted molar refractivity (Wildman–Crippen MR) is 159 cm³/mol. The summed E-state index contributed by atoms with van der Waals surface area (Å²) in [5.41, 5.74) is 8.75. The summed E-state index contributed by atoms with van der Waals surface area (Å²) in [6, 6.07) is 22.8. The van der Waals surface area contributed by atoms with E-state index in [4.69, 9.17) is 18.9 Å². The molecule has 0 saturated heterocycles. The smallest absolute Gasteiger partial charge is 0.496 e. The number of pyridine rings is 1. The lowest BCUT2D eigenvalue weighted by Gasteiger charge is -2.20. The highest BCUT2D eigenvalue weighted by molar-refractivity contribution is 6.50. The molecule has 0 aliphatic heterocycles. The second-order valence-electron chi connectivity index (χ2n) is 9.76. The lowest BCUT2D eigenvalue weighted by atomic mass is 9.88. The van der Waals surface area contributed by atoms with Crippen molar-refractivity contribution in [2.75, 3.05) is 28.4 Å². The Morgan fingerprint density at radius 2 is 1.00 bits per heavy atom. The number of para-hydroxylation sites is 1. The number of ether oxygens (including phenoxy) is 4. The summed E-state index contributed by atoms with van der Waals surface area (Å²) >= 11 is 0. The van der Waals surface area contributed by atoms with Gasteiger partial charge in [0, 0.05) is 29.8 Å². The molecular formula is C32H32BF4NO4. The van der Waals surface area contributed by atoms with E-state index in [0.29, 0.717) is 11.5 Å². The first kappa shape index (κ1) is 30.5. The van der Waals surface area contributed by atoms with E-state index < -0.39 is 7.25 Å². The zero-order chi connectivity index (χ0) is 30.8. The molecule has 0 saturated carbocycles. The van der Waals surface area contributed by atoms with Crippen molar-refractivity contribution in [2.45, 2.75) is 20.8 Å². The number of benzene rings is 4. The number of fused-ring (bicyclic) bond motifs is 2. The van der Waals surface area contributed by atoms with Crippen LogP contribution in [0.1, 0.15) is 16.7 Å². The second kappa shape index (κ2) is 12.2. The summed E-state index contributed by atoms with van der Waals surface area (Å²) in [7, 11) is 0.760. The molecule has 10 heteroatoms. The Labute approximate surface area is 242 Å². The summed E-state index contributed by atoms with van der Waals surface area (Å²) in [5, 5.41) is 1.97. The zero-order valence-electron chi connectivity index (χ0n) is 24.5. The number of methoxy groups -OCH3 is 4. The largest absolute Gasteiger partial charge is 0.673 e. The van der Waals surface area contributed by atoms with Gasteiger partial charge < -0.3 is 36.2 Å². The summed E-state index contributed by atoms with van der Waals surface area (Å²) in [4.78, 5) is 0. The summed E-state index contributed by atoms with van der Waals surface area (Å²) in [6.07, 6.45) is 0. The number of halogens is 4. The zero-order valence-corrected chi connectivity index (χ0v) is 24.5. The Morgan fingerprint density at radius 3 is 1.38 bits per heavy atom. The van der Waals surface area contributed by atoms with Gasteiger partial charge in [0.05, 0.1) is 51.3 Å². The molecular weight excluding hydrogens is 549 g/mol. The molecule has 0 radical (unpaired) electrons. The molecule has 0 fully saturated rings. The third-order valence-corrected chi connectivity index (χ3v) is 6.94. The van der Waals surface area contributed by atoms with Crippen molar-refractivity contribution in [1.29, 1.82) is 0 Å². The van der Waals surface area contributed by atoms with Gasteiger partial charge in [-0.3, -0.25) is 0 Å². The standard InChI is InChI=1S/C32H32NO4.BF4/c1-19-13-20(2)29(21(3)14-19)32-30-25(15-23(34-4)17-27(30)36-6)33(22-11-9-8-10-12-22)26-16-24(35-5)18-28(37-7)31(26)32;2-1(3,4)5/h8-18H,1-7H3;/q+1;-1. The molecule has 0 aliphatic rings. The van der Waals surface area contributed by atoms with Crippen molar-refractivity contribution in [2.24, 2.45) is 0 Å². The molecule has 0 N–H and O–H groups in total. The first-order chi connectivity index (χ1) is 19.9. The van der Waals surface area contributed by atoms with E-state index in [1.54, 1.807) is 28.4 Å². The van der Waals surface area contributed by atoms with Gasteiger partial charge in [-0.05, 0) is 37.5 Å². The summed E-state index contributed by atoms with van der Waals surface area (Å²) in [5.74, 6) is 2.89. The molecule has 5 aromatic rings. The van der Waals surface area contributed by atoms with Crippen LogP contribution in [0.25, 0.3) is 38.6 Å². The topological polar surface area (TPSA) is 40.8 Å². The highest BCUT2D eigenvalue weighted by Crippen LogP contribution is 2.47. The van der Waals surface area contributed by atoms with E-state index in [0.717, 1.165) is 50.1 Å². The van der Waals surface area contributed by atoms with Gasteiger partial charge in [0.25, 0.3) is 0 Å². The van der Waals surface area contributed by atoms with Gasteiger partial charge in [-0.15, -0.1) is 0 Å². The van der Waals surface area contributed by atoms with E-state index in [1.165, 1.54) is 16.7 Å². The minimum atomic E-state index is -6.00. The van der Waals surface area contributed by atoms with Gasteiger partial charge in [0.2, 0.25) is 16.7 Å². The van der Waals surface area contributed by atoms with Crippen LogP contribution in [-0.4, -0.2) is 35.7 Å². The van der Waals surface area contributed by atoms with Crippen molar-refractivity contribution in [3.63, 3.8) is 0 Å². The van der Waals surface area contributed by atoms with E-state index in [9.17, 15) is 17.3 Å². The van der Waals surface area contributed by atoms with Gasteiger partial charge in [-0.25, -0.2) is 0 Å². The van der Waals surface area contributed by atoms with Gasteiger partial charge in [0.15, 0.2) is 0 Å². The maximum absolute atomic E-state index is 9.75. The van der Waals surface area contributed by atoms with Gasteiger partial charge in [-0.1, -0.05) is 35.9 Å². The Hall–Kier alpha value is -4.47. The van der Waals surface area contributed by atoms with Crippen molar-refractivity contribution in [1.82, 2.24) is 0 Å². The van der Waals surface area contributed by atoms with Gasteiger partial charge in [-0.2, -0.15) is 4.57 Å². The average Bonchev–Trinajstić information content (AvgIpc) is 2.94. The molecule has 5 nitrogen and oxygen atoms in total. The minimum absolute atomic E-state index is 0.714. The Morgan fingerprint density at radius 1 is 0.571 bits per heavy atom. The van der Waals surface area contributed by atoms with Crippen molar-refractivity contribution in [3.05, 3.63) is 83.4 Å². The highest BCUT2D eigenvalue weighted by Gasteiger charge is 2.31. The molecule has 0 amide bonds. The molecule has 1 heterocycles. The Bertz CT molecular complexity index is 1660. The first-order valence-electron chi connectivity index (χ1n) is 13.1. The fraction of sp³-hybridized carbons (Fsp3) is 0.219. The summed E-state index contributed by atoms with van der Waals surface area (Å²) < 4.78 is 64.7. The molecule has 0 bridgehead atoms. The maximum atomic E-state index is 9.75. The van der Waals surface area contributed by atoms with E-state index >= 15 is 0 Å². The fourth-order valence-electron chi connectivity index (χ4n) is 5.50. The van der Waals surface area contributed by atoms with E-state index in [1.807, 2.05) is 30.3 Å². The average molecular weight is 581 g/mol. The van der Waals surface area contributed by atoms with Crippen LogP contribution in [0.4, 0.5) is 17.3 Å². The van der Waals surface area contributed by atoms with Crippen LogP contribution in [0.15, 0.2) is 66.7 Å². The van der Waals surface area contributed by atoms with Crippen LogP contribution in [-0.2, 0) is 0 Å². The van der Waals surface area contributed by atoms with Crippen LogP contribution in [0.2, 0.25) is 0 Å². The monoisotopic (exact) mass is 581 g/mol. The molecule has 1 aromatic heterocycles. The number of aryl methyl sites for hydroxylation is 3. The fourth-order valence-corrected chi connectivity index (χ4v) is 5.50. The van der Waals surface area contributed by atoms with Crippen molar-refractivity contribution >= 4 is 29.1 Å². The Balaban J connectivity index is 0.000000748. The van der Waals surface area contributed by atoms with Crippen LogP contribution in [0.3, 0.4) is 0 Å². The van der Waals surface area contributed by atoms with Gasteiger partial charge in [0.1, 0.15) is 23.0 Å². The number of nitrogens with zero attached hydrogens (tertiary/aromatic N) is 1. The highest BCUT2D eigenvalue weighted by atomic mass is 19.5. The third-order valence-electron chi connectivity index (χ3n) is 6.94. The maximum Gasteiger partial charge on any atom is 0.673 e. The molecule has 0 unspecified atom stereocenters. The van der Waals surface area contributed by atoms with Crippen LogP contribution in [0, 0.1) is 20.8 Å². The minimum Gasteiger partial charge on any atom is -0.496 e. The van der Waals surface area contributed by atoms with Crippen LogP contribution < -0.4 is 23.5 Å². The molecule has 0 spiro atoms. The lowest BCUT2D eigenvalue weighted by Crippen LogP contribution is -2.33. The third kappa shape index (κ3) is 6.07. The Kier molecular flexibility index (Phi) is 8.85. The molecule has 5 rings (SSSR count). The quantitative estimate of drug-likeness (QED) is 0.0878. The molecule has 220 valence electrons. The van der Waals surface area contributed by atoms with E-state index in [2.05, 4.69) is 61.7 Å². The number of rotatable bonds is 6. The number of aromatic nitrogens is 1. The summed E-state index contributed by atoms with van der Waals surface area (Å²) in [6.45, 7) is 6.46. The first-order valence-corrected chi connectivity index (χ1v) is 13.1. The molecule has 42 heavy (non-hydrogen) atoms.